The highest BCUT2D eigenvalue weighted by molar-refractivity contribution is 6.24. The zero-order valence-corrected chi connectivity index (χ0v) is 21.8. The first-order valence-corrected chi connectivity index (χ1v) is 13.1. The number of hydrogen-bond donors (Lipinski definition) is 0. The fourth-order valence-corrected chi connectivity index (χ4v) is 5.54. The van der Waals surface area contributed by atoms with Crippen LogP contribution in [-0.4, -0.2) is 19.9 Å². The summed E-state index contributed by atoms with van der Waals surface area (Å²) < 4.78 is 11.3. The molecule has 0 fully saturated rings. The van der Waals surface area contributed by atoms with E-state index in [2.05, 4.69) is 58.5 Å². The van der Waals surface area contributed by atoms with Gasteiger partial charge in [0.25, 0.3) is 0 Å². The Morgan fingerprint density at radius 2 is 0.825 bits per heavy atom. The molecular weight excluding hydrogens is 496 g/mol. The zero-order valence-electron chi connectivity index (χ0n) is 21.8. The van der Waals surface area contributed by atoms with Crippen LogP contribution in [0, 0.1) is 13.8 Å². The normalized spacial score (nSPS) is 11.8. The molecule has 0 aliphatic rings. The van der Waals surface area contributed by atoms with Crippen molar-refractivity contribution in [3.05, 3.63) is 109 Å². The summed E-state index contributed by atoms with van der Waals surface area (Å²) in [5.74, 6) is 2.74. The van der Waals surface area contributed by atoms with Crippen molar-refractivity contribution in [1.29, 1.82) is 0 Å². The Kier molecular flexibility index (Phi) is 4.85. The molecule has 8 aromatic rings. The van der Waals surface area contributed by atoms with Gasteiger partial charge < -0.3 is 8.83 Å². The molecule has 190 valence electrons. The van der Waals surface area contributed by atoms with E-state index in [1.807, 2.05) is 50.5 Å². The van der Waals surface area contributed by atoms with E-state index in [4.69, 9.17) is 18.8 Å². The van der Waals surface area contributed by atoms with Crippen LogP contribution in [0.25, 0.3) is 77.5 Å². The average molecular weight is 519 g/mol. The predicted octanol–water partition coefficient (Wildman–Crippen LogP) is 8.63. The minimum absolute atomic E-state index is 0.644. The van der Waals surface area contributed by atoms with Crippen LogP contribution < -0.4 is 0 Å². The molecule has 6 heteroatoms. The first-order valence-electron chi connectivity index (χ1n) is 13.1. The van der Waals surface area contributed by atoms with Gasteiger partial charge in [-0.2, -0.15) is 0 Å². The maximum atomic E-state index is 5.65. The molecule has 40 heavy (non-hydrogen) atoms. The molecule has 4 heterocycles. The van der Waals surface area contributed by atoms with Gasteiger partial charge in [-0.1, -0.05) is 24.3 Å². The third-order valence-electron chi connectivity index (χ3n) is 7.46. The van der Waals surface area contributed by atoms with Crippen molar-refractivity contribution >= 4 is 32.3 Å². The average Bonchev–Trinajstić information content (AvgIpc) is 3.63. The number of nitrogens with zero attached hydrogens (tertiary/aromatic N) is 4. The van der Waals surface area contributed by atoms with E-state index < -0.39 is 0 Å². The molecular formula is C34H22N4O2. The molecule has 0 spiro atoms. The summed E-state index contributed by atoms with van der Waals surface area (Å²) >= 11 is 0. The Labute approximate surface area is 229 Å². The molecule has 0 N–H and O–H groups in total. The maximum Gasteiger partial charge on any atom is 0.191 e. The monoisotopic (exact) mass is 518 g/mol. The molecule has 0 aliphatic heterocycles. The number of rotatable bonds is 4. The summed E-state index contributed by atoms with van der Waals surface area (Å²) in [5.41, 5.74) is 5.83. The van der Waals surface area contributed by atoms with E-state index in [1.165, 1.54) is 32.3 Å². The number of aryl methyl sites for hydroxylation is 2. The Bertz CT molecular complexity index is 1950. The van der Waals surface area contributed by atoms with E-state index in [1.54, 1.807) is 12.4 Å². The van der Waals surface area contributed by atoms with E-state index in [9.17, 15) is 0 Å². The second-order valence-corrected chi connectivity index (χ2v) is 10.1. The SMILES string of the molecule is Cc1ncc(-c2ccc(-c3cc4ccc5cc(-c6ccc(-c7cnc(C)o7)cn6)cc6ccc(c3)c4c56)nc2)o1. The van der Waals surface area contributed by atoms with Crippen LogP contribution in [0.15, 0.2) is 106 Å². The molecule has 0 unspecified atom stereocenters. The zero-order chi connectivity index (χ0) is 26.8. The third-order valence-corrected chi connectivity index (χ3v) is 7.46. The fraction of sp³-hybridized carbons (Fsp3) is 0.0588. The van der Waals surface area contributed by atoms with Gasteiger partial charge in [-0.05, 0) is 80.8 Å². The van der Waals surface area contributed by atoms with Crippen LogP contribution in [-0.2, 0) is 0 Å². The highest BCUT2D eigenvalue weighted by Gasteiger charge is 2.14. The second-order valence-electron chi connectivity index (χ2n) is 10.1. The van der Waals surface area contributed by atoms with Crippen LogP contribution in [0.4, 0.5) is 0 Å². The highest BCUT2D eigenvalue weighted by atomic mass is 16.4. The number of benzene rings is 4. The second kappa shape index (κ2) is 8.58. The lowest BCUT2D eigenvalue weighted by atomic mass is 9.90. The summed E-state index contributed by atoms with van der Waals surface area (Å²) in [5, 5.41) is 7.31. The molecule has 0 atom stereocenters. The summed E-state index contributed by atoms with van der Waals surface area (Å²) in [6.07, 6.45) is 7.15. The van der Waals surface area contributed by atoms with Crippen LogP contribution in [0.5, 0.6) is 0 Å². The molecule has 0 saturated carbocycles. The quantitative estimate of drug-likeness (QED) is 0.217. The summed E-state index contributed by atoms with van der Waals surface area (Å²) in [7, 11) is 0. The molecule has 6 nitrogen and oxygen atoms in total. The first kappa shape index (κ1) is 22.6. The number of oxazole rings is 2. The Morgan fingerprint density at radius 1 is 0.425 bits per heavy atom. The van der Waals surface area contributed by atoms with Gasteiger partial charge in [-0.25, -0.2) is 9.97 Å². The van der Waals surface area contributed by atoms with Crippen LogP contribution in [0.1, 0.15) is 11.8 Å². The third kappa shape index (κ3) is 3.65. The number of pyridine rings is 2. The first-order chi connectivity index (χ1) is 19.6. The molecule has 0 bridgehead atoms. The fourth-order valence-electron chi connectivity index (χ4n) is 5.54. The van der Waals surface area contributed by atoms with Gasteiger partial charge in [-0.15, -0.1) is 0 Å². The molecule has 0 aliphatic carbocycles. The molecule has 8 rings (SSSR count). The number of aromatic nitrogens is 4. The molecule has 4 aromatic carbocycles. The van der Waals surface area contributed by atoms with Crippen molar-refractivity contribution in [1.82, 2.24) is 19.9 Å². The molecule has 0 saturated heterocycles. The van der Waals surface area contributed by atoms with E-state index in [0.29, 0.717) is 11.8 Å². The van der Waals surface area contributed by atoms with Crippen molar-refractivity contribution in [2.24, 2.45) is 0 Å². The minimum Gasteiger partial charge on any atom is -0.441 e. The van der Waals surface area contributed by atoms with E-state index in [-0.39, 0.29) is 0 Å². The summed E-state index contributed by atoms with van der Waals surface area (Å²) in [6, 6.07) is 25.8. The Morgan fingerprint density at radius 3 is 1.12 bits per heavy atom. The summed E-state index contributed by atoms with van der Waals surface area (Å²) in [6.45, 7) is 3.68. The molecule has 4 aromatic heterocycles. The van der Waals surface area contributed by atoms with Crippen LogP contribution in [0.3, 0.4) is 0 Å². The smallest absolute Gasteiger partial charge is 0.191 e. The van der Waals surface area contributed by atoms with Crippen molar-refractivity contribution in [2.45, 2.75) is 13.8 Å². The standard InChI is InChI=1S/C34H22N4O2/c1-19-35-17-31(39-19)25-7-9-29(37-15-25)27-11-21-3-5-23-13-28(14-24-6-4-22(12-27)33(21)34(23)24)30-10-8-26(16-38-30)32-18-36-20(2)40-32/h3-18H,1-2H3. The minimum atomic E-state index is 0.644. The van der Waals surface area contributed by atoms with E-state index in [0.717, 1.165) is 45.2 Å². The highest BCUT2D eigenvalue weighted by Crippen LogP contribution is 2.39. The largest absolute Gasteiger partial charge is 0.441 e. The summed E-state index contributed by atoms with van der Waals surface area (Å²) in [4.78, 5) is 17.9. The van der Waals surface area contributed by atoms with Crippen molar-refractivity contribution in [2.75, 3.05) is 0 Å². The van der Waals surface area contributed by atoms with Gasteiger partial charge in [0.15, 0.2) is 23.3 Å². The Hall–Kier alpha value is -5.36. The van der Waals surface area contributed by atoms with E-state index >= 15 is 0 Å². The molecule has 0 amide bonds. The van der Waals surface area contributed by atoms with Gasteiger partial charge in [0.2, 0.25) is 0 Å². The lowest BCUT2D eigenvalue weighted by Crippen LogP contribution is -1.90. The lowest BCUT2D eigenvalue weighted by Gasteiger charge is -2.14. The topological polar surface area (TPSA) is 77.8 Å². The van der Waals surface area contributed by atoms with Crippen LogP contribution in [0.2, 0.25) is 0 Å². The van der Waals surface area contributed by atoms with Gasteiger partial charge in [0.05, 0.1) is 23.8 Å². The van der Waals surface area contributed by atoms with Crippen molar-refractivity contribution < 1.29 is 8.83 Å². The molecule has 0 radical (unpaired) electrons. The number of hydrogen-bond acceptors (Lipinski definition) is 6. The maximum absolute atomic E-state index is 5.65. The van der Waals surface area contributed by atoms with Gasteiger partial charge in [0, 0.05) is 48.5 Å². The lowest BCUT2D eigenvalue weighted by molar-refractivity contribution is 0.534. The Balaban J connectivity index is 1.18. The van der Waals surface area contributed by atoms with Crippen molar-refractivity contribution in [3.8, 4) is 45.2 Å². The van der Waals surface area contributed by atoms with Crippen molar-refractivity contribution in [3.63, 3.8) is 0 Å². The van der Waals surface area contributed by atoms with Crippen LogP contribution >= 0.6 is 0 Å². The van der Waals surface area contributed by atoms with Gasteiger partial charge >= 0.3 is 0 Å². The van der Waals surface area contributed by atoms with Gasteiger partial charge in [-0.3, -0.25) is 9.97 Å². The predicted molar refractivity (Wildman–Crippen MR) is 157 cm³/mol. The van der Waals surface area contributed by atoms with Gasteiger partial charge in [0.1, 0.15) is 0 Å².